The number of nitrogen functional groups attached to an aromatic ring is 1. The SMILES string of the molecule is CC(OCc1cccc(N)c1)c1ccccc1. The highest BCUT2D eigenvalue weighted by molar-refractivity contribution is 5.40. The summed E-state index contributed by atoms with van der Waals surface area (Å²) < 4.78 is 5.81. The first-order valence-electron chi connectivity index (χ1n) is 5.76. The monoisotopic (exact) mass is 227 g/mol. The van der Waals surface area contributed by atoms with Gasteiger partial charge in [-0.15, -0.1) is 0 Å². The van der Waals surface area contributed by atoms with Gasteiger partial charge >= 0.3 is 0 Å². The van der Waals surface area contributed by atoms with Crippen LogP contribution in [0.25, 0.3) is 0 Å². The number of hydrogen-bond acceptors (Lipinski definition) is 2. The zero-order chi connectivity index (χ0) is 12.1. The highest BCUT2D eigenvalue weighted by Crippen LogP contribution is 2.18. The number of anilines is 1. The fourth-order valence-corrected chi connectivity index (χ4v) is 1.72. The number of hydrogen-bond donors (Lipinski definition) is 1. The fourth-order valence-electron chi connectivity index (χ4n) is 1.72. The highest BCUT2D eigenvalue weighted by atomic mass is 16.5. The van der Waals surface area contributed by atoms with E-state index in [4.69, 9.17) is 10.5 Å². The van der Waals surface area contributed by atoms with E-state index >= 15 is 0 Å². The van der Waals surface area contributed by atoms with E-state index in [-0.39, 0.29) is 6.10 Å². The predicted molar refractivity (Wildman–Crippen MR) is 70.5 cm³/mol. The molecule has 0 amide bonds. The van der Waals surface area contributed by atoms with Gasteiger partial charge in [-0.25, -0.2) is 0 Å². The Bertz CT molecular complexity index is 467. The quantitative estimate of drug-likeness (QED) is 0.811. The van der Waals surface area contributed by atoms with Crippen molar-refractivity contribution >= 4 is 5.69 Å². The first-order chi connectivity index (χ1) is 8.25. The van der Waals surface area contributed by atoms with E-state index < -0.39 is 0 Å². The summed E-state index contributed by atoms with van der Waals surface area (Å²) in [5.41, 5.74) is 8.79. The van der Waals surface area contributed by atoms with E-state index in [1.54, 1.807) is 0 Å². The van der Waals surface area contributed by atoms with Crippen molar-refractivity contribution in [3.8, 4) is 0 Å². The Balaban J connectivity index is 1.95. The second-order valence-corrected chi connectivity index (χ2v) is 4.11. The normalized spacial score (nSPS) is 12.3. The van der Waals surface area contributed by atoms with Gasteiger partial charge in [0.15, 0.2) is 0 Å². The van der Waals surface area contributed by atoms with Crippen LogP contribution in [0.1, 0.15) is 24.2 Å². The van der Waals surface area contributed by atoms with Crippen LogP contribution in [0.3, 0.4) is 0 Å². The van der Waals surface area contributed by atoms with E-state index in [1.807, 2.05) is 42.5 Å². The summed E-state index contributed by atoms with van der Waals surface area (Å²) >= 11 is 0. The molecule has 88 valence electrons. The molecule has 2 N–H and O–H groups in total. The molecule has 1 atom stereocenters. The molecule has 2 aromatic rings. The molecule has 1 unspecified atom stereocenters. The number of ether oxygens (including phenoxy) is 1. The largest absolute Gasteiger partial charge is 0.399 e. The molecule has 2 nitrogen and oxygen atoms in total. The van der Waals surface area contributed by atoms with E-state index in [0.29, 0.717) is 6.61 Å². The van der Waals surface area contributed by atoms with Gasteiger partial charge in [0.2, 0.25) is 0 Å². The van der Waals surface area contributed by atoms with E-state index in [2.05, 4.69) is 19.1 Å². The number of nitrogens with two attached hydrogens (primary N) is 1. The molecule has 0 fully saturated rings. The third-order valence-electron chi connectivity index (χ3n) is 2.72. The number of benzene rings is 2. The summed E-state index contributed by atoms with van der Waals surface area (Å²) in [7, 11) is 0. The zero-order valence-electron chi connectivity index (χ0n) is 9.97. The maximum atomic E-state index is 5.81. The minimum Gasteiger partial charge on any atom is -0.399 e. The van der Waals surface area contributed by atoms with Crippen LogP contribution in [-0.2, 0) is 11.3 Å². The van der Waals surface area contributed by atoms with E-state index in [0.717, 1.165) is 11.3 Å². The first-order valence-corrected chi connectivity index (χ1v) is 5.76. The maximum Gasteiger partial charge on any atom is 0.0801 e. The average Bonchev–Trinajstić information content (AvgIpc) is 2.37. The van der Waals surface area contributed by atoms with Gasteiger partial charge in [0, 0.05) is 5.69 Å². The molecule has 0 aromatic heterocycles. The van der Waals surface area contributed by atoms with Crippen molar-refractivity contribution < 1.29 is 4.74 Å². The minimum absolute atomic E-state index is 0.0950. The lowest BCUT2D eigenvalue weighted by Gasteiger charge is -2.13. The summed E-state index contributed by atoms with van der Waals surface area (Å²) in [6.07, 6.45) is 0.0950. The molecule has 0 saturated carbocycles. The molecule has 0 heterocycles. The van der Waals surface area contributed by atoms with Gasteiger partial charge in [-0.05, 0) is 30.2 Å². The lowest BCUT2D eigenvalue weighted by molar-refractivity contribution is 0.0526. The van der Waals surface area contributed by atoms with Gasteiger partial charge < -0.3 is 10.5 Å². The molecule has 0 saturated heterocycles. The molecular formula is C15H17NO. The molecular weight excluding hydrogens is 210 g/mol. The van der Waals surface area contributed by atoms with Crippen LogP contribution in [-0.4, -0.2) is 0 Å². The van der Waals surface area contributed by atoms with Crippen LogP contribution in [0.4, 0.5) is 5.69 Å². The van der Waals surface area contributed by atoms with E-state index in [1.165, 1.54) is 5.56 Å². The Hall–Kier alpha value is -1.80. The molecule has 0 spiro atoms. The fraction of sp³-hybridized carbons (Fsp3) is 0.200. The Morgan fingerprint density at radius 3 is 2.53 bits per heavy atom. The summed E-state index contributed by atoms with van der Waals surface area (Å²) in [5, 5.41) is 0. The van der Waals surface area contributed by atoms with Crippen LogP contribution in [0.5, 0.6) is 0 Å². The molecule has 0 bridgehead atoms. The summed E-state index contributed by atoms with van der Waals surface area (Å²) in [4.78, 5) is 0. The molecule has 0 aliphatic carbocycles. The maximum absolute atomic E-state index is 5.81. The zero-order valence-corrected chi connectivity index (χ0v) is 9.97. The van der Waals surface area contributed by atoms with Crippen LogP contribution in [0.15, 0.2) is 54.6 Å². The molecule has 2 rings (SSSR count). The molecule has 2 aromatic carbocycles. The molecule has 0 aliphatic rings. The molecule has 0 aliphatic heterocycles. The van der Waals surface area contributed by atoms with Gasteiger partial charge in [0.05, 0.1) is 12.7 Å². The smallest absolute Gasteiger partial charge is 0.0801 e. The first kappa shape index (κ1) is 11.7. The van der Waals surface area contributed by atoms with Crippen LogP contribution < -0.4 is 5.73 Å². The number of rotatable bonds is 4. The van der Waals surface area contributed by atoms with Crippen LogP contribution in [0, 0.1) is 0 Å². The Kier molecular flexibility index (Phi) is 3.78. The third kappa shape index (κ3) is 3.33. The van der Waals surface area contributed by atoms with Crippen LogP contribution >= 0.6 is 0 Å². The van der Waals surface area contributed by atoms with Gasteiger partial charge in [-0.3, -0.25) is 0 Å². The van der Waals surface area contributed by atoms with E-state index in [9.17, 15) is 0 Å². The Morgan fingerprint density at radius 2 is 1.82 bits per heavy atom. The van der Waals surface area contributed by atoms with Crippen molar-refractivity contribution in [2.24, 2.45) is 0 Å². The van der Waals surface area contributed by atoms with Gasteiger partial charge in [-0.2, -0.15) is 0 Å². The Labute approximate surface area is 102 Å². The van der Waals surface area contributed by atoms with Crippen molar-refractivity contribution in [2.75, 3.05) is 5.73 Å². The predicted octanol–water partition coefficient (Wildman–Crippen LogP) is 3.55. The van der Waals surface area contributed by atoms with Crippen molar-refractivity contribution in [3.63, 3.8) is 0 Å². The topological polar surface area (TPSA) is 35.2 Å². The van der Waals surface area contributed by atoms with Crippen molar-refractivity contribution in [3.05, 3.63) is 65.7 Å². The lowest BCUT2D eigenvalue weighted by atomic mass is 10.1. The summed E-state index contributed by atoms with van der Waals surface area (Å²) in [6, 6.07) is 18.0. The third-order valence-corrected chi connectivity index (χ3v) is 2.72. The second-order valence-electron chi connectivity index (χ2n) is 4.11. The standard InChI is InChI=1S/C15H17NO/c1-12(14-7-3-2-4-8-14)17-11-13-6-5-9-15(16)10-13/h2-10,12H,11,16H2,1H3. The molecule has 17 heavy (non-hydrogen) atoms. The summed E-state index contributed by atoms with van der Waals surface area (Å²) in [6.45, 7) is 2.64. The van der Waals surface area contributed by atoms with Gasteiger partial charge in [-0.1, -0.05) is 42.5 Å². The van der Waals surface area contributed by atoms with Gasteiger partial charge in [0.25, 0.3) is 0 Å². The second kappa shape index (κ2) is 5.51. The summed E-state index contributed by atoms with van der Waals surface area (Å²) in [5.74, 6) is 0. The van der Waals surface area contributed by atoms with Crippen molar-refractivity contribution in [1.29, 1.82) is 0 Å². The average molecular weight is 227 g/mol. The highest BCUT2D eigenvalue weighted by Gasteiger charge is 2.04. The Morgan fingerprint density at radius 1 is 1.06 bits per heavy atom. The van der Waals surface area contributed by atoms with Crippen LogP contribution in [0.2, 0.25) is 0 Å². The molecule has 2 heteroatoms. The lowest BCUT2D eigenvalue weighted by Crippen LogP contribution is -2.00. The minimum atomic E-state index is 0.0950. The molecule has 0 radical (unpaired) electrons. The van der Waals surface area contributed by atoms with Crippen molar-refractivity contribution in [1.82, 2.24) is 0 Å². The van der Waals surface area contributed by atoms with Crippen molar-refractivity contribution in [2.45, 2.75) is 19.6 Å². The van der Waals surface area contributed by atoms with Gasteiger partial charge in [0.1, 0.15) is 0 Å².